The minimum atomic E-state index is -0.00940. The molecule has 1 N–H and O–H groups in total. The Morgan fingerprint density at radius 2 is 1.76 bits per heavy atom. The Labute approximate surface area is 129 Å². The molecule has 0 aliphatic carbocycles. The standard InChI is InChI=1S/C17H17N3S/c1-12-13(2)20(17(21)19-12)16(14-8-4-3-5-9-14)15-10-6-7-11-18-15/h3-11,16H,1-2H3,(H,19,21). The van der Waals surface area contributed by atoms with Gasteiger partial charge in [-0.3, -0.25) is 4.98 Å². The van der Waals surface area contributed by atoms with E-state index in [0.29, 0.717) is 0 Å². The molecule has 21 heavy (non-hydrogen) atoms. The van der Waals surface area contributed by atoms with Crippen LogP contribution >= 0.6 is 12.2 Å². The number of aryl methyl sites for hydroxylation is 1. The first-order chi connectivity index (χ1) is 10.2. The summed E-state index contributed by atoms with van der Waals surface area (Å²) in [5.74, 6) is 0. The lowest BCUT2D eigenvalue weighted by Gasteiger charge is -2.20. The molecule has 0 amide bonds. The quantitative estimate of drug-likeness (QED) is 0.735. The molecule has 0 saturated heterocycles. The van der Waals surface area contributed by atoms with Crippen molar-refractivity contribution < 1.29 is 0 Å². The summed E-state index contributed by atoms with van der Waals surface area (Å²) in [6.07, 6.45) is 1.82. The molecule has 3 aromatic rings. The van der Waals surface area contributed by atoms with E-state index in [1.54, 1.807) is 0 Å². The first kappa shape index (κ1) is 13.8. The Hall–Kier alpha value is -2.20. The highest BCUT2D eigenvalue weighted by Gasteiger charge is 2.20. The number of pyridine rings is 1. The summed E-state index contributed by atoms with van der Waals surface area (Å²) in [7, 11) is 0. The summed E-state index contributed by atoms with van der Waals surface area (Å²) in [6.45, 7) is 4.13. The second-order valence-corrected chi connectivity index (χ2v) is 5.47. The minimum Gasteiger partial charge on any atom is -0.335 e. The van der Waals surface area contributed by atoms with Crippen molar-refractivity contribution in [1.29, 1.82) is 0 Å². The third kappa shape index (κ3) is 2.54. The molecule has 3 rings (SSSR count). The molecule has 3 nitrogen and oxygen atoms in total. The topological polar surface area (TPSA) is 33.6 Å². The van der Waals surface area contributed by atoms with E-state index < -0.39 is 0 Å². The van der Waals surface area contributed by atoms with Crippen LogP contribution in [0.3, 0.4) is 0 Å². The molecule has 2 heterocycles. The number of nitrogens with zero attached hydrogens (tertiary/aromatic N) is 2. The van der Waals surface area contributed by atoms with Crippen LogP contribution in [0.4, 0.5) is 0 Å². The zero-order chi connectivity index (χ0) is 14.8. The molecule has 0 saturated carbocycles. The zero-order valence-electron chi connectivity index (χ0n) is 12.1. The second kappa shape index (κ2) is 5.66. The summed E-state index contributed by atoms with van der Waals surface area (Å²) in [5.41, 5.74) is 4.40. The number of aromatic nitrogens is 3. The van der Waals surface area contributed by atoms with Crippen molar-refractivity contribution in [2.45, 2.75) is 19.9 Å². The fourth-order valence-electron chi connectivity index (χ4n) is 2.58. The van der Waals surface area contributed by atoms with E-state index in [1.165, 1.54) is 5.56 Å². The highest BCUT2D eigenvalue weighted by molar-refractivity contribution is 7.71. The number of aromatic amines is 1. The van der Waals surface area contributed by atoms with E-state index in [9.17, 15) is 0 Å². The number of rotatable bonds is 3. The van der Waals surface area contributed by atoms with Crippen LogP contribution in [0.5, 0.6) is 0 Å². The summed E-state index contributed by atoms with van der Waals surface area (Å²) < 4.78 is 2.87. The molecule has 0 spiro atoms. The molecule has 106 valence electrons. The van der Waals surface area contributed by atoms with Crippen LogP contribution in [0.1, 0.15) is 28.7 Å². The van der Waals surface area contributed by atoms with Crippen LogP contribution in [0, 0.1) is 18.6 Å². The van der Waals surface area contributed by atoms with Gasteiger partial charge >= 0.3 is 0 Å². The fraction of sp³-hybridized carbons (Fsp3) is 0.176. The highest BCUT2D eigenvalue weighted by Crippen LogP contribution is 2.27. The Morgan fingerprint density at radius 3 is 2.33 bits per heavy atom. The van der Waals surface area contributed by atoms with Crippen molar-refractivity contribution in [2.75, 3.05) is 0 Å². The van der Waals surface area contributed by atoms with Crippen LogP contribution in [-0.2, 0) is 0 Å². The molecule has 0 aliphatic rings. The van der Waals surface area contributed by atoms with Gasteiger partial charge in [-0.05, 0) is 43.8 Å². The van der Waals surface area contributed by atoms with E-state index in [0.717, 1.165) is 21.9 Å². The monoisotopic (exact) mass is 295 g/mol. The molecular formula is C17H17N3S. The zero-order valence-corrected chi connectivity index (χ0v) is 12.9. The summed E-state index contributed by atoms with van der Waals surface area (Å²) >= 11 is 5.52. The molecule has 2 aromatic heterocycles. The second-order valence-electron chi connectivity index (χ2n) is 5.08. The van der Waals surface area contributed by atoms with Gasteiger partial charge < -0.3 is 9.55 Å². The van der Waals surface area contributed by atoms with Gasteiger partial charge in [-0.25, -0.2) is 0 Å². The third-order valence-electron chi connectivity index (χ3n) is 3.76. The van der Waals surface area contributed by atoms with Gasteiger partial charge in [0.15, 0.2) is 4.77 Å². The van der Waals surface area contributed by atoms with Crippen molar-refractivity contribution in [3.05, 3.63) is 82.1 Å². The number of hydrogen-bond donors (Lipinski definition) is 1. The van der Waals surface area contributed by atoms with Crippen LogP contribution in [-0.4, -0.2) is 14.5 Å². The molecule has 0 radical (unpaired) electrons. The lowest BCUT2D eigenvalue weighted by atomic mass is 10.0. The molecule has 0 aliphatic heterocycles. The molecule has 1 atom stereocenters. The van der Waals surface area contributed by atoms with Gasteiger partial charge in [0.1, 0.15) is 6.04 Å². The van der Waals surface area contributed by atoms with Crippen LogP contribution in [0.2, 0.25) is 0 Å². The van der Waals surface area contributed by atoms with E-state index in [-0.39, 0.29) is 6.04 Å². The van der Waals surface area contributed by atoms with Crippen molar-refractivity contribution in [2.24, 2.45) is 0 Å². The van der Waals surface area contributed by atoms with E-state index in [2.05, 4.69) is 33.6 Å². The molecule has 0 fully saturated rings. The third-order valence-corrected chi connectivity index (χ3v) is 4.06. The summed E-state index contributed by atoms with van der Waals surface area (Å²) in [5, 5.41) is 0. The van der Waals surface area contributed by atoms with E-state index >= 15 is 0 Å². The van der Waals surface area contributed by atoms with Gasteiger partial charge in [0.25, 0.3) is 0 Å². The molecule has 0 bridgehead atoms. The fourth-order valence-corrected chi connectivity index (χ4v) is 2.98. The first-order valence-corrected chi connectivity index (χ1v) is 7.33. The van der Waals surface area contributed by atoms with Gasteiger partial charge in [-0.1, -0.05) is 36.4 Å². The molecule has 1 unspecified atom stereocenters. The van der Waals surface area contributed by atoms with Gasteiger partial charge in [0, 0.05) is 17.6 Å². The maximum absolute atomic E-state index is 5.52. The Morgan fingerprint density at radius 1 is 1.05 bits per heavy atom. The van der Waals surface area contributed by atoms with Gasteiger partial charge in [-0.15, -0.1) is 0 Å². The van der Waals surface area contributed by atoms with Gasteiger partial charge in [-0.2, -0.15) is 0 Å². The van der Waals surface area contributed by atoms with Crippen molar-refractivity contribution in [1.82, 2.24) is 14.5 Å². The molecule has 4 heteroatoms. The lowest BCUT2D eigenvalue weighted by molar-refractivity contribution is 0.632. The number of nitrogens with one attached hydrogen (secondary N) is 1. The largest absolute Gasteiger partial charge is 0.335 e. The summed E-state index contributed by atoms with van der Waals surface area (Å²) in [6, 6.07) is 16.3. The van der Waals surface area contributed by atoms with Crippen molar-refractivity contribution in [3.8, 4) is 0 Å². The predicted molar refractivity (Wildman–Crippen MR) is 87.0 cm³/mol. The Kier molecular flexibility index (Phi) is 3.71. The smallest absolute Gasteiger partial charge is 0.178 e. The van der Waals surface area contributed by atoms with Crippen LogP contribution < -0.4 is 0 Å². The average molecular weight is 295 g/mol. The minimum absolute atomic E-state index is 0.00940. The molecular weight excluding hydrogens is 278 g/mol. The number of imidazole rings is 1. The SMILES string of the molecule is Cc1[nH]c(=S)n(C(c2ccccc2)c2ccccn2)c1C. The van der Waals surface area contributed by atoms with Crippen molar-refractivity contribution in [3.63, 3.8) is 0 Å². The molecule has 1 aromatic carbocycles. The highest BCUT2D eigenvalue weighted by atomic mass is 32.1. The number of H-pyrrole nitrogens is 1. The normalized spacial score (nSPS) is 12.3. The Bertz CT molecular complexity index is 748. The predicted octanol–water partition coefficient (Wildman–Crippen LogP) is 4.20. The first-order valence-electron chi connectivity index (χ1n) is 6.92. The maximum Gasteiger partial charge on any atom is 0.178 e. The van der Waals surface area contributed by atoms with Crippen LogP contribution in [0.25, 0.3) is 0 Å². The average Bonchev–Trinajstić information content (AvgIpc) is 2.76. The Balaban J connectivity index is 2.25. The lowest BCUT2D eigenvalue weighted by Crippen LogP contribution is -2.15. The van der Waals surface area contributed by atoms with E-state index in [4.69, 9.17) is 12.2 Å². The van der Waals surface area contributed by atoms with Crippen molar-refractivity contribution >= 4 is 12.2 Å². The van der Waals surface area contributed by atoms with Gasteiger partial charge in [0.2, 0.25) is 0 Å². The number of benzene rings is 1. The van der Waals surface area contributed by atoms with E-state index in [1.807, 2.05) is 49.5 Å². The van der Waals surface area contributed by atoms with Gasteiger partial charge in [0.05, 0.1) is 5.69 Å². The number of hydrogen-bond acceptors (Lipinski definition) is 2. The maximum atomic E-state index is 5.52. The van der Waals surface area contributed by atoms with Crippen LogP contribution in [0.15, 0.2) is 54.7 Å². The summed E-state index contributed by atoms with van der Waals surface area (Å²) in [4.78, 5) is 7.79.